The average molecular weight is 270 g/mol. The van der Waals surface area contributed by atoms with E-state index in [4.69, 9.17) is 11.6 Å². The molecule has 1 aromatic carbocycles. The Bertz CT molecular complexity index is 433. The minimum Gasteiger partial charge on any atom is -0.379 e. The smallest absolute Gasteiger partial charge is 0.292 e. The van der Waals surface area contributed by atoms with Crippen LogP contribution in [0, 0.1) is 10.1 Å². The Morgan fingerprint density at radius 2 is 2.39 bits per heavy atom. The molecule has 0 aliphatic carbocycles. The standard InChI is InChI=1S/C12H16ClN3O2/c13-9-3-4-12(16(17)18)11(8-9)15-7-5-10-2-1-6-14-10/h3-4,8,10,14-15H,1-2,5-7H2. The van der Waals surface area contributed by atoms with Gasteiger partial charge >= 0.3 is 0 Å². The molecule has 0 aromatic heterocycles. The van der Waals surface area contributed by atoms with Gasteiger partial charge in [0.05, 0.1) is 4.92 Å². The van der Waals surface area contributed by atoms with Gasteiger partial charge < -0.3 is 10.6 Å². The lowest BCUT2D eigenvalue weighted by molar-refractivity contribution is -0.384. The maximum Gasteiger partial charge on any atom is 0.292 e. The molecule has 1 atom stereocenters. The van der Waals surface area contributed by atoms with Crippen LogP contribution in [-0.2, 0) is 0 Å². The molecular formula is C12H16ClN3O2. The van der Waals surface area contributed by atoms with E-state index in [0.717, 1.165) is 13.0 Å². The zero-order valence-electron chi connectivity index (χ0n) is 9.99. The van der Waals surface area contributed by atoms with E-state index in [2.05, 4.69) is 10.6 Å². The maximum absolute atomic E-state index is 10.9. The highest BCUT2D eigenvalue weighted by molar-refractivity contribution is 6.31. The van der Waals surface area contributed by atoms with Gasteiger partial charge in [-0.05, 0) is 37.9 Å². The third kappa shape index (κ3) is 3.34. The van der Waals surface area contributed by atoms with E-state index >= 15 is 0 Å². The average Bonchev–Trinajstić information content (AvgIpc) is 2.82. The zero-order valence-corrected chi connectivity index (χ0v) is 10.7. The molecule has 98 valence electrons. The fraction of sp³-hybridized carbons (Fsp3) is 0.500. The van der Waals surface area contributed by atoms with Crippen molar-refractivity contribution in [1.82, 2.24) is 5.32 Å². The first-order chi connectivity index (χ1) is 8.66. The number of nitrogens with one attached hydrogen (secondary N) is 2. The van der Waals surface area contributed by atoms with Crippen LogP contribution in [0.1, 0.15) is 19.3 Å². The third-order valence-electron chi connectivity index (χ3n) is 3.13. The summed E-state index contributed by atoms with van der Waals surface area (Å²) in [6, 6.07) is 5.08. The Morgan fingerprint density at radius 1 is 1.56 bits per heavy atom. The molecule has 1 saturated heterocycles. The normalized spacial score (nSPS) is 18.8. The van der Waals surface area contributed by atoms with E-state index in [1.54, 1.807) is 6.07 Å². The third-order valence-corrected chi connectivity index (χ3v) is 3.36. The summed E-state index contributed by atoms with van der Waals surface area (Å²) in [5, 5.41) is 17.9. The van der Waals surface area contributed by atoms with E-state index in [1.807, 2.05) is 0 Å². The van der Waals surface area contributed by atoms with Gasteiger partial charge in [0, 0.05) is 23.7 Å². The molecule has 1 aliphatic rings. The molecule has 0 saturated carbocycles. The summed E-state index contributed by atoms with van der Waals surface area (Å²) in [6.07, 6.45) is 3.35. The quantitative estimate of drug-likeness (QED) is 0.637. The highest BCUT2D eigenvalue weighted by atomic mass is 35.5. The van der Waals surface area contributed by atoms with Gasteiger partial charge in [0.2, 0.25) is 0 Å². The van der Waals surface area contributed by atoms with Crippen LogP contribution in [-0.4, -0.2) is 24.1 Å². The first-order valence-corrected chi connectivity index (χ1v) is 6.46. The fourth-order valence-corrected chi connectivity index (χ4v) is 2.37. The Labute approximate surface area is 111 Å². The molecule has 0 spiro atoms. The van der Waals surface area contributed by atoms with E-state index in [1.165, 1.54) is 25.0 Å². The molecule has 0 bridgehead atoms. The second kappa shape index (κ2) is 6.02. The Morgan fingerprint density at radius 3 is 3.06 bits per heavy atom. The molecule has 2 N–H and O–H groups in total. The first kappa shape index (κ1) is 13.1. The van der Waals surface area contributed by atoms with Crippen molar-refractivity contribution in [3.05, 3.63) is 33.3 Å². The number of benzene rings is 1. The van der Waals surface area contributed by atoms with Gasteiger partial charge in [-0.3, -0.25) is 10.1 Å². The summed E-state index contributed by atoms with van der Waals surface area (Å²) >= 11 is 5.85. The minimum atomic E-state index is -0.396. The van der Waals surface area contributed by atoms with Crippen molar-refractivity contribution in [3.63, 3.8) is 0 Å². The Kier molecular flexibility index (Phi) is 4.38. The molecular weight excluding hydrogens is 254 g/mol. The second-order valence-electron chi connectivity index (χ2n) is 4.43. The number of nitrogens with zero attached hydrogens (tertiary/aromatic N) is 1. The van der Waals surface area contributed by atoms with Crippen molar-refractivity contribution < 1.29 is 4.92 Å². The van der Waals surface area contributed by atoms with Gasteiger partial charge in [0.1, 0.15) is 5.69 Å². The highest BCUT2D eigenvalue weighted by Gasteiger charge is 2.16. The molecule has 18 heavy (non-hydrogen) atoms. The highest BCUT2D eigenvalue weighted by Crippen LogP contribution is 2.27. The molecule has 5 nitrogen and oxygen atoms in total. The van der Waals surface area contributed by atoms with Gasteiger partial charge in [0.15, 0.2) is 0 Å². The predicted octanol–water partition coefficient (Wildman–Crippen LogP) is 2.80. The van der Waals surface area contributed by atoms with Crippen molar-refractivity contribution in [3.8, 4) is 0 Å². The van der Waals surface area contributed by atoms with E-state index < -0.39 is 4.92 Å². The van der Waals surface area contributed by atoms with Gasteiger partial charge in [-0.2, -0.15) is 0 Å². The molecule has 1 aromatic rings. The topological polar surface area (TPSA) is 67.2 Å². The van der Waals surface area contributed by atoms with Crippen molar-refractivity contribution in [2.45, 2.75) is 25.3 Å². The lowest BCUT2D eigenvalue weighted by Gasteiger charge is -2.11. The molecule has 0 radical (unpaired) electrons. The summed E-state index contributed by atoms with van der Waals surface area (Å²) in [4.78, 5) is 10.5. The predicted molar refractivity (Wildman–Crippen MR) is 72.2 cm³/mol. The van der Waals surface area contributed by atoms with Crippen molar-refractivity contribution in [1.29, 1.82) is 0 Å². The van der Waals surface area contributed by atoms with Gasteiger partial charge in [0.25, 0.3) is 5.69 Å². The monoisotopic (exact) mass is 269 g/mol. The largest absolute Gasteiger partial charge is 0.379 e. The van der Waals surface area contributed by atoms with E-state index in [9.17, 15) is 10.1 Å². The summed E-state index contributed by atoms with van der Waals surface area (Å²) in [5.74, 6) is 0. The van der Waals surface area contributed by atoms with Crippen LogP contribution in [0.3, 0.4) is 0 Å². The molecule has 1 unspecified atom stereocenters. The molecule has 2 rings (SSSR count). The first-order valence-electron chi connectivity index (χ1n) is 6.08. The summed E-state index contributed by atoms with van der Waals surface area (Å²) in [6.45, 7) is 1.78. The van der Waals surface area contributed by atoms with Crippen LogP contribution in [0.5, 0.6) is 0 Å². The zero-order chi connectivity index (χ0) is 13.0. The van der Waals surface area contributed by atoms with Gasteiger partial charge in [-0.15, -0.1) is 0 Å². The van der Waals surface area contributed by atoms with Gasteiger partial charge in [-0.25, -0.2) is 0 Å². The number of anilines is 1. The summed E-state index contributed by atoms with van der Waals surface area (Å²) < 4.78 is 0. The summed E-state index contributed by atoms with van der Waals surface area (Å²) in [7, 11) is 0. The molecule has 1 heterocycles. The van der Waals surface area contributed by atoms with Crippen molar-refractivity contribution in [2.75, 3.05) is 18.4 Å². The van der Waals surface area contributed by atoms with Crippen LogP contribution in [0.4, 0.5) is 11.4 Å². The minimum absolute atomic E-state index is 0.0683. The maximum atomic E-state index is 10.9. The second-order valence-corrected chi connectivity index (χ2v) is 4.86. The SMILES string of the molecule is O=[N+]([O-])c1ccc(Cl)cc1NCCC1CCCN1. The van der Waals surface area contributed by atoms with E-state index in [-0.39, 0.29) is 5.69 Å². The van der Waals surface area contributed by atoms with E-state index in [0.29, 0.717) is 23.3 Å². The number of nitro benzene ring substituents is 1. The van der Waals surface area contributed by atoms with Crippen LogP contribution in [0.15, 0.2) is 18.2 Å². The number of rotatable bonds is 5. The lowest BCUT2D eigenvalue weighted by atomic mass is 10.1. The number of nitro groups is 1. The van der Waals surface area contributed by atoms with Crippen LogP contribution >= 0.6 is 11.6 Å². The number of hydrogen-bond donors (Lipinski definition) is 2. The Hall–Kier alpha value is -1.33. The Balaban J connectivity index is 1.94. The molecule has 1 fully saturated rings. The van der Waals surface area contributed by atoms with Crippen molar-refractivity contribution in [2.24, 2.45) is 0 Å². The van der Waals surface area contributed by atoms with Crippen LogP contribution < -0.4 is 10.6 Å². The van der Waals surface area contributed by atoms with Crippen LogP contribution in [0.25, 0.3) is 0 Å². The molecule has 0 amide bonds. The summed E-state index contributed by atoms with van der Waals surface area (Å²) in [5.41, 5.74) is 0.560. The number of hydrogen-bond acceptors (Lipinski definition) is 4. The molecule has 1 aliphatic heterocycles. The number of halogens is 1. The molecule has 6 heteroatoms. The fourth-order valence-electron chi connectivity index (χ4n) is 2.19. The van der Waals surface area contributed by atoms with Crippen molar-refractivity contribution >= 4 is 23.0 Å². The lowest BCUT2D eigenvalue weighted by Crippen LogP contribution is -2.24. The van der Waals surface area contributed by atoms with Gasteiger partial charge in [-0.1, -0.05) is 11.6 Å². The van der Waals surface area contributed by atoms with Crippen LogP contribution in [0.2, 0.25) is 5.02 Å².